The number of hydrogen-bond donors (Lipinski definition) is 0. The first-order valence-electron chi connectivity index (χ1n) is 5.76. The molecule has 0 N–H and O–H groups in total. The van der Waals surface area contributed by atoms with Crippen LogP contribution >= 0.6 is 0 Å². The zero-order chi connectivity index (χ0) is 11.7. The van der Waals surface area contributed by atoms with Gasteiger partial charge in [-0.2, -0.15) is 0 Å². The minimum atomic E-state index is 0.472. The number of allylic oxidation sites excluding steroid dienone is 4. The van der Waals surface area contributed by atoms with Gasteiger partial charge in [0.05, 0.1) is 13.2 Å². The van der Waals surface area contributed by atoms with Gasteiger partial charge in [-0.15, -0.1) is 0 Å². The van der Waals surface area contributed by atoms with Crippen LogP contribution in [0.15, 0.2) is 34.4 Å². The van der Waals surface area contributed by atoms with Crippen molar-refractivity contribution in [2.45, 2.75) is 13.8 Å². The van der Waals surface area contributed by atoms with Crippen molar-refractivity contribution < 1.29 is 9.47 Å². The van der Waals surface area contributed by atoms with E-state index < -0.39 is 0 Å². The van der Waals surface area contributed by atoms with E-state index in [1.807, 2.05) is 0 Å². The summed E-state index contributed by atoms with van der Waals surface area (Å²) in [5.74, 6) is 0.945. The Kier molecular flexibility index (Phi) is 3.31. The van der Waals surface area contributed by atoms with Gasteiger partial charge in [0.2, 0.25) is 0 Å². The molecule has 2 unspecified atom stereocenters. The van der Waals surface area contributed by atoms with Crippen LogP contribution in [0.2, 0.25) is 0 Å². The lowest BCUT2D eigenvalue weighted by Gasteiger charge is -2.14. The highest BCUT2D eigenvalue weighted by Gasteiger charge is 2.39. The lowest BCUT2D eigenvalue weighted by molar-refractivity contribution is 0.207. The van der Waals surface area contributed by atoms with Crippen LogP contribution in [0.4, 0.5) is 0 Å². The third kappa shape index (κ3) is 1.66. The molecule has 88 valence electrons. The Labute approximate surface area is 97.6 Å². The first-order chi connectivity index (χ1) is 7.70. The standard InChI is InChI=1S/C14H20O2/c1-9(2)14-10-5-6-11(14)13(8-16-4)12(10)7-15-3/h5-6,10-11H,7-8H2,1-4H3. The molecule has 2 rings (SSSR count). The lowest BCUT2D eigenvalue weighted by atomic mass is 9.95. The van der Waals surface area contributed by atoms with E-state index in [0.29, 0.717) is 11.8 Å². The van der Waals surface area contributed by atoms with Gasteiger partial charge in [-0.1, -0.05) is 17.7 Å². The van der Waals surface area contributed by atoms with Gasteiger partial charge < -0.3 is 9.47 Å². The van der Waals surface area contributed by atoms with E-state index in [4.69, 9.17) is 9.47 Å². The molecule has 0 heterocycles. The number of fused-ring (bicyclic) bond motifs is 2. The monoisotopic (exact) mass is 220 g/mol. The summed E-state index contributed by atoms with van der Waals surface area (Å²) in [6.45, 7) is 5.84. The summed E-state index contributed by atoms with van der Waals surface area (Å²) in [7, 11) is 3.52. The van der Waals surface area contributed by atoms with E-state index >= 15 is 0 Å². The molecule has 2 aliphatic rings. The molecule has 0 radical (unpaired) electrons. The van der Waals surface area contributed by atoms with Gasteiger partial charge in [-0.3, -0.25) is 0 Å². The van der Waals surface area contributed by atoms with Crippen molar-refractivity contribution in [1.29, 1.82) is 0 Å². The van der Waals surface area contributed by atoms with Crippen LogP contribution in [0.1, 0.15) is 13.8 Å². The molecule has 0 fully saturated rings. The summed E-state index contributed by atoms with van der Waals surface area (Å²) in [6, 6.07) is 0. The van der Waals surface area contributed by atoms with Crippen molar-refractivity contribution >= 4 is 0 Å². The summed E-state index contributed by atoms with van der Waals surface area (Å²) in [4.78, 5) is 0. The number of methoxy groups -OCH3 is 2. The fourth-order valence-electron chi connectivity index (χ4n) is 2.93. The zero-order valence-corrected chi connectivity index (χ0v) is 10.5. The Morgan fingerprint density at radius 2 is 1.44 bits per heavy atom. The Hall–Kier alpha value is -0.860. The summed E-state index contributed by atoms with van der Waals surface area (Å²) in [5, 5.41) is 0. The molecule has 0 spiro atoms. The molecule has 0 aromatic heterocycles. The smallest absolute Gasteiger partial charge is 0.0685 e. The first kappa shape index (κ1) is 11.6. The number of hydrogen-bond acceptors (Lipinski definition) is 2. The SMILES string of the molecule is COCC1=C(COC)C2C=CC1C2=C(C)C. The van der Waals surface area contributed by atoms with Crippen LogP contribution in [0, 0.1) is 11.8 Å². The van der Waals surface area contributed by atoms with Crippen molar-refractivity contribution in [3.63, 3.8) is 0 Å². The summed E-state index contributed by atoms with van der Waals surface area (Å²) in [5.41, 5.74) is 5.79. The molecule has 0 aliphatic heterocycles. The molecule has 0 saturated carbocycles. The maximum absolute atomic E-state index is 5.31. The molecular weight excluding hydrogens is 200 g/mol. The molecule has 2 nitrogen and oxygen atoms in total. The minimum Gasteiger partial charge on any atom is -0.380 e. The lowest BCUT2D eigenvalue weighted by Crippen LogP contribution is -2.08. The van der Waals surface area contributed by atoms with E-state index in [0.717, 1.165) is 13.2 Å². The molecule has 2 heteroatoms. The average Bonchev–Trinajstić information content (AvgIpc) is 2.77. The van der Waals surface area contributed by atoms with E-state index in [9.17, 15) is 0 Å². The van der Waals surface area contributed by atoms with Crippen molar-refractivity contribution in [2.24, 2.45) is 11.8 Å². The van der Waals surface area contributed by atoms with Gasteiger partial charge >= 0.3 is 0 Å². The fourth-order valence-corrected chi connectivity index (χ4v) is 2.93. The summed E-state index contributed by atoms with van der Waals surface area (Å²) in [6.07, 6.45) is 4.61. The predicted molar refractivity (Wildman–Crippen MR) is 65.3 cm³/mol. The van der Waals surface area contributed by atoms with Gasteiger partial charge in [0.25, 0.3) is 0 Å². The highest BCUT2D eigenvalue weighted by Crippen LogP contribution is 2.49. The Bertz CT molecular complexity index is 342. The maximum atomic E-state index is 5.31. The molecule has 0 amide bonds. The molecule has 2 atom stereocenters. The quantitative estimate of drug-likeness (QED) is 0.678. The molecule has 0 saturated heterocycles. The summed E-state index contributed by atoms with van der Waals surface area (Å²) < 4.78 is 10.6. The maximum Gasteiger partial charge on any atom is 0.0685 e. The summed E-state index contributed by atoms with van der Waals surface area (Å²) >= 11 is 0. The number of rotatable bonds is 4. The van der Waals surface area contributed by atoms with Gasteiger partial charge in [-0.05, 0) is 30.6 Å². The van der Waals surface area contributed by atoms with Crippen LogP contribution in [0.25, 0.3) is 0 Å². The molecule has 0 aromatic carbocycles. The second-order valence-corrected chi connectivity index (χ2v) is 4.71. The largest absolute Gasteiger partial charge is 0.380 e. The van der Waals surface area contributed by atoms with Gasteiger partial charge in [0, 0.05) is 26.1 Å². The number of ether oxygens (including phenoxy) is 2. The van der Waals surface area contributed by atoms with Gasteiger partial charge in [-0.25, -0.2) is 0 Å². The van der Waals surface area contributed by atoms with Crippen molar-refractivity contribution in [3.8, 4) is 0 Å². The van der Waals surface area contributed by atoms with Crippen LogP contribution in [-0.2, 0) is 9.47 Å². The van der Waals surface area contributed by atoms with E-state index in [-0.39, 0.29) is 0 Å². The Morgan fingerprint density at radius 3 is 1.75 bits per heavy atom. The third-order valence-electron chi connectivity index (χ3n) is 3.51. The topological polar surface area (TPSA) is 18.5 Å². The van der Waals surface area contributed by atoms with Crippen LogP contribution in [0.3, 0.4) is 0 Å². The van der Waals surface area contributed by atoms with Gasteiger partial charge in [0.15, 0.2) is 0 Å². The van der Waals surface area contributed by atoms with E-state index in [1.54, 1.807) is 19.8 Å². The van der Waals surface area contributed by atoms with Crippen molar-refractivity contribution in [1.82, 2.24) is 0 Å². The van der Waals surface area contributed by atoms with Crippen LogP contribution in [-0.4, -0.2) is 27.4 Å². The molecule has 2 aliphatic carbocycles. The van der Waals surface area contributed by atoms with Crippen LogP contribution in [0.5, 0.6) is 0 Å². The average molecular weight is 220 g/mol. The highest BCUT2D eigenvalue weighted by molar-refractivity contribution is 5.53. The van der Waals surface area contributed by atoms with Crippen molar-refractivity contribution in [2.75, 3.05) is 27.4 Å². The predicted octanol–water partition coefficient (Wildman–Crippen LogP) is 2.73. The highest BCUT2D eigenvalue weighted by atomic mass is 16.5. The molecule has 2 bridgehead atoms. The second-order valence-electron chi connectivity index (χ2n) is 4.71. The fraction of sp³-hybridized carbons (Fsp3) is 0.571. The molecule has 0 aromatic rings. The zero-order valence-electron chi connectivity index (χ0n) is 10.5. The Balaban J connectivity index is 2.35. The van der Waals surface area contributed by atoms with E-state index in [2.05, 4.69) is 26.0 Å². The molecule has 16 heavy (non-hydrogen) atoms. The molecular formula is C14H20O2. The second kappa shape index (κ2) is 4.56. The first-order valence-corrected chi connectivity index (χ1v) is 5.76. The van der Waals surface area contributed by atoms with Gasteiger partial charge in [0.1, 0.15) is 0 Å². The normalized spacial score (nSPS) is 27.1. The van der Waals surface area contributed by atoms with Crippen molar-refractivity contribution in [3.05, 3.63) is 34.4 Å². The third-order valence-corrected chi connectivity index (χ3v) is 3.51. The Morgan fingerprint density at radius 1 is 1.00 bits per heavy atom. The van der Waals surface area contributed by atoms with Crippen LogP contribution < -0.4 is 0 Å². The van der Waals surface area contributed by atoms with E-state index in [1.165, 1.54) is 16.7 Å². The minimum absolute atomic E-state index is 0.472.